The molecule has 1 N–H and O–H groups in total. The molecule has 2 aromatic carbocycles. The fourth-order valence-electron chi connectivity index (χ4n) is 3.03. The highest BCUT2D eigenvalue weighted by molar-refractivity contribution is 5.93. The second kappa shape index (κ2) is 5.70. The van der Waals surface area contributed by atoms with Crippen molar-refractivity contribution in [1.82, 2.24) is 0 Å². The van der Waals surface area contributed by atoms with Gasteiger partial charge in [-0.15, -0.1) is 0 Å². The maximum Gasteiger partial charge on any atom is 0.223 e. The van der Waals surface area contributed by atoms with Gasteiger partial charge in [-0.05, 0) is 47.2 Å². The number of hydrogen-bond acceptors (Lipinski definition) is 2. The maximum absolute atomic E-state index is 11.7. The van der Waals surface area contributed by atoms with Crippen LogP contribution in [0.4, 0.5) is 5.69 Å². The minimum atomic E-state index is 0.0346. The fraction of sp³-hybridized carbons (Fsp3) is 0.278. The van der Waals surface area contributed by atoms with Crippen LogP contribution in [0.1, 0.15) is 24.5 Å². The zero-order chi connectivity index (χ0) is 14.8. The predicted molar refractivity (Wildman–Crippen MR) is 84.1 cm³/mol. The van der Waals surface area contributed by atoms with Crippen LogP contribution < -0.4 is 4.90 Å². The van der Waals surface area contributed by atoms with Crippen LogP contribution in [0.5, 0.6) is 0 Å². The van der Waals surface area contributed by atoms with Crippen LogP contribution in [0.2, 0.25) is 0 Å². The van der Waals surface area contributed by atoms with E-state index in [0.29, 0.717) is 0 Å². The smallest absolute Gasteiger partial charge is 0.223 e. The molecule has 0 bridgehead atoms. The Morgan fingerprint density at radius 3 is 2.81 bits per heavy atom. The molecule has 0 saturated carbocycles. The van der Waals surface area contributed by atoms with E-state index in [1.54, 1.807) is 6.92 Å². The average molecular weight is 281 g/mol. The van der Waals surface area contributed by atoms with Crippen molar-refractivity contribution in [1.29, 1.82) is 0 Å². The number of fused-ring (bicyclic) bond motifs is 1. The summed E-state index contributed by atoms with van der Waals surface area (Å²) in [5, 5.41) is 9.48. The number of nitrogens with zero attached hydrogens (tertiary/aromatic N) is 1. The molecule has 1 aliphatic rings. The predicted octanol–water partition coefficient (Wildman–Crippen LogP) is 3.15. The van der Waals surface area contributed by atoms with Gasteiger partial charge in [0.05, 0.1) is 6.61 Å². The highest BCUT2D eigenvalue weighted by Crippen LogP contribution is 2.33. The summed E-state index contributed by atoms with van der Waals surface area (Å²) in [4.78, 5) is 13.6. The number of amides is 1. The van der Waals surface area contributed by atoms with E-state index in [4.69, 9.17) is 0 Å². The molecule has 0 saturated heterocycles. The lowest BCUT2D eigenvalue weighted by molar-refractivity contribution is -0.116. The second-order valence-electron chi connectivity index (χ2n) is 5.43. The summed E-state index contributed by atoms with van der Waals surface area (Å²) < 4.78 is 0. The number of anilines is 1. The van der Waals surface area contributed by atoms with E-state index in [9.17, 15) is 9.90 Å². The molecular formula is C18H19NO2. The lowest BCUT2D eigenvalue weighted by Crippen LogP contribution is -2.33. The molecule has 2 aromatic rings. The Balaban J connectivity index is 2.05. The van der Waals surface area contributed by atoms with Gasteiger partial charge >= 0.3 is 0 Å². The number of carbonyl (C=O) groups excluding carboxylic acids is 1. The molecule has 0 aliphatic carbocycles. The molecule has 0 atom stereocenters. The number of hydrogen-bond donors (Lipinski definition) is 1. The summed E-state index contributed by atoms with van der Waals surface area (Å²) >= 11 is 0. The third kappa shape index (κ3) is 2.57. The summed E-state index contributed by atoms with van der Waals surface area (Å²) in [5.74, 6) is 0.0967. The van der Waals surface area contributed by atoms with Crippen LogP contribution in [0.15, 0.2) is 42.5 Å². The minimum absolute atomic E-state index is 0.0346. The van der Waals surface area contributed by atoms with Crippen LogP contribution in [-0.2, 0) is 17.8 Å². The number of aliphatic hydroxyl groups is 1. The molecular weight excluding hydrogens is 262 g/mol. The molecule has 1 aliphatic heterocycles. The van der Waals surface area contributed by atoms with Gasteiger partial charge in [0.25, 0.3) is 0 Å². The van der Waals surface area contributed by atoms with Crippen molar-refractivity contribution >= 4 is 11.6 Å². The van der Waals surface area contributed by atoms with Gasteiger partial charge in [0, 0.05) is 19.2 Å². The van der Waals surface area contributed by atoms with E-state index in [2.05, 4.69) is 6.07 Å². The molecule has 0 aromatic heterocycles. The molecule has 0 fully saturated rings. The van der Waals surface area contributed by atoms with E-state index < -0.39 is 0 Å². The normalized spacial score (nSPS) is 13.9. The van der Waals surface area contributed by atoms with Gasteiger partial charge in [0.2, 0.25) is 5.91 Å². The lowest BCUT2D eigenvalue weighted by atomic mass is 9.94. The van der Waals surface area contributed by atoms with E-state index in [1.165, 1.54) is 5.56 Å². The molecule has 1 heterocycles. The second-order valence-corrected chi connectivity index (χ2v) is 5.43. The minimum Gasteiger partial charge on any atom is -0.392 e. The third-order valence-electron chi connectivity index (χ3n) is 4.08. The van der Waals surface area contributed by atoms with Crippen molar-refractivity contribution in [3.05, 3.63) is 53.6 Å². The number of benzene rings is 2. The van der Waals surface area contributed by atoms with Crippen molar-refractivity contribution in [2.24, 2.45) is 0 Å². The third-order valence-corrected chi connectivity index (χ3v) is 4.08. The summed E-state index contributed by atoms with van der Waals surface area (Å²) in [5.41, 5.74) is 5.32. The fourth-order valence-corrected chi connectivity index (χ4v) is 3.03. The van der Waals surface area contributed by atoms with Gasteiger partial charge in [-0.2, -0.15) is 0 Å². The van der Waals surface area contributed by atoms with Crippen LogP contribution >= 0.6 is 0 Å². The topological polar surface area (TPSA) is 40.5 Å². The Morgan fingerprint density at radius 2 is 2.05 bits per heavy atom. The maximum atomic E-state index is 11.7. The van der Waals surface area contributed by atoms with Gasteiger partial charge in [-0.1, -0.05) is 30.3 Å². The van der Waals surface area contributed by atoms with E-state index in [-0.39, 0.29) is 12.5 Å². The van der Waals surface area contributed by atoms with Crippen molar-refractivity contribution in [2.45, 2.75) is 26.4 Å². The quantitative estimate of drug-likeness (QED) is 0.918. The van der Waals surface area contributed by atoms with E-state index >= 15 is 0 Å². The van der Waals surface area contributed by atoms with Crippen LogP contribution in [-0.4, -0.2) is 17.6 Å². The molecule has 3 nitrogen and oxygen atoms in total. The van der Waals surface area contributed by atoms with Crippen molar-refractivity contribution in [3.8, 4) is 11.1 Å². The van der Waals surface area contributed by atoms with Crippen molar-refractivity contribution in [3.63, 3.8) is 0 Å². The molecule has 0 radical (unpaired) electrons. The Bertz CT molecular complexity index is 679. The first-order chi connectivity index (χ1) is 10.2. The average Bonchev–Trinajstić information content (AvgIpc) is 2.53. The first-order valence-corrected chi connectivity index (χ1v) is 7.31. The van der Waals surface area contributed by atoms with E-state index in [0.717, 1.165) is 41.8 Å². The molecule has 108 valence electrons. The number of aryl methyl sites for hydroxylation is 1. The number of aliphatic hydroxyl groups excluding tert-OH is 1. The Labute approximate surface area is 124 Å². The summed E-state index contributed by atoms with van der Waals surface area (Å²) in [6.07, 6.45) is 1.99. The van der Waals surface area contributed by atoms with Gasteiger partial charge in [-0.3, -0.25) is 4.79 Å². The Kier molecular flexibility index (Phi) is 3.76. The van der Waals surface area contributed by atoms with Gasteiger partial charge in [-0.25, -0.2) is 0 Å². The summed E-state index contributed by atoms with van der Waals surface area (Å²) in [6, 6.07) is 14.1. The number of rotatable bonds is 2. The first kappa shape index (κ1) is 13.8. The Morgan fingerprint density at radius 1 is 1.24 bits per heavy atom. The van der Waals surface area contributed by atoms with Crippen LogP contribution in [0.25, 0.3) is 11.1 Å². The zero-order valence-electron chi connectivity index (χ0n) is 12.2. The monoisotopic (exact) mass is 281 g/mol. The highest BCUT2D eigenvalue weighted by atomic mass is 16.3. The number of carbonyl (C=O) groups is 1. The lowest BCUT2D eigenvalue weighted by Gasteiger charge is -2.29. The van der Waals surface area contributed by atoms with Crippen LogP contribution in [0.3, 0.4) is 0 Å². The molecule has 3 rings (SSSR count). The van der Waals surface area contributed by atoms with Gasteiger partial charge < -0.3 is 10.0 Å². The van der Waals surface area contributed by atoms with Gasteiger partial charge in [0.1, 0.15) is 0 Å². The SMILES string of the molecule is CC(=O)N1CCCc2cc(-c3ccccc3CO)ccc21. The Hall–Kier alpha value is -2.13. The molecule has 0 spiro atoms. The summed E-state index contributed by atoms with van der Waals surface area (Å²) in [6.45, 7) is 2.45. The summed E-state index contributed by atoms with van der Waals surface area (Å²) in [7, 11) is 0. The standard InChI is InChI=1S/C18H19NO2/c1-13(21)19-10-4-6-15-11-14(8-9-18(15)19)17-7-3-2-5-16(17)12-20/h2-3,5,7-9,11,20H,4,6,10,12H2,1H3. The van der Waals surface area contributed by atoms with Gasteiger partial charge in [0.15, 0.2) is 0 Å². The molecule has 3 heteroatoms. The first-order valence-electron chi connectivity index (χ1n) is 7.31. The van der Waals surface area contributed by atoms with Crippen molar-refractivity contribution in [2.75, 3.05) is 11.4 Å². The van der Waals surface area contributed by atoms with E-state index in [1.807, 2.05) is 41.3 Å². The van der Waals surface area contributed by atoms with Crippen LogP contribution in [0, 0.1) is 0 Å². The molecule has 0 unspecified atom stereocenters. The highest BCUT2D eigenvalue weighted by Gasteiger charge is 2.20. The molecule has 21 heavy (non-hydrogen) atoms. The van der Waals surface area contributed by atoms with Crippen molar-refractivity contribution < 1.29 is 9.90 Å². The zero-order valence-corrected chi connectivity index (χ0v) is 12.2. The largest absolute Gasteiger partial charge is 0.392 e. The molecule has 1 amide bonds.